The van der Waals surface area contributed by atoms with Crippen molar-refractivity contribution in [1.29, 1.82) is 0 Å². The van der Waals surface area contributed by atoms with Crippen LogP contribution in [0.4, 0.5) is 5.95 Å². The molecule has 6 nitrogen and oxygen atoms in total. The van der Waals surface area contributed by atoms with Crippen LogP contribution in [0.15, 0.2) is 34.2 Å². The Hall–Kier alpha value is -1.54. The SMILES string of the molecule is CNCC1(C)CCN(c2ncc(Sc3cccc(Cl)c3Cl)c3nnc(C)n23)CC1. The molecule has 0 radical (unpaired) electrons. The molecule has 3 aromatic rings. The average Bonchev–Trinajstić information content (AvgIpc) is 3.09. The molecular formula is C20H24Cl2N6S. The third-order valence-corrected chi connectivity index (χ3v) is 7.53. The van der Waals surface area contributed by atoms with Crippen molar-refractivity contribution in [3.63, 3.8) is 0 Å². The van der Waals surface area contributed by atoms with Gasteiger partial charge < -0.3 is 10.2 Å². The second-order valence-electron chi connectivity index (χ2n) is 7.81. The molecule has 3 heterocycles. The molecule has 0 aliphatic carbocycles. The molecule has 1 N–H and O–H groups in total. The lowest BCUT2D eigenvalue weighted by Crippen LogP contribution is -2.43. The van der Waals surface area contributed by atoms with Gasteiger partial charge in [0.15, 0.2) is 5.65 Å². The molecule has 154 valence electrons. The van der Waals surface area contributed by atoms with E-state index in [-0.39, 0.29) is 0 Å². The Morgan fingerprint density at radius 1 is 1.17 bits per heavy atom. The van der Waals surface area contributed by atoms with Crippen LogP contribution in [0.1, 0.15) is 25.6 Å². The normalized spacial score (nSPS) is 16.5. The van der Waals surface area contributed by atoms with Gasteiger partial charge in [0, 0.05) is 30.7 Å². The topological polar surface area (TPSA) is 58.3 Å². The lowest BCUT2D eigenvalue weighted by molar-refractivity contribution is 0.241. The summed E-state index contributed by atoms with van der Waals surface area (Å²) >= 11 is 14.0. The number of halogens is 2. The number of piperidine rings is 1. The molecule has 0 spiro atoms. The Morgan fingerprint density at radius 3 is 2.66 bits per heavy atom. The molecule has 4 rings (SSSR count). The fourth-order valence-corrected chi connectivity index (χ4v) is 5.20. The van der Waals surface area contributed by atoms with E-state index in [9.17, 15) is 0 Å². The highest BCUT2D eigenvalue weighted by molar-refractivity contribution is 7.99. The first-order chi connectivity index (χ1) is 13.9. The summed E-state index contributed by atoms with van der Waals surface area (Å²) in [7, 11) is 2.02. The Balaban J connectivity index is 1.66. The van der Waals surface area contributed by atoms with Crippen molar-refractivity contribution in [2.24, 2.45) is 5.41 Å². The lowest BCUT2D eigenvalue weighted by Gasteiger charge is -2.39. The van der Waals surface area contributed by atoms with Gasteiger partial charge in [0.05, 0.1) is 14.9 Å². The van der Waals surface area contributed by atoms with E-state index in [0.29, 0.717) is 15.5 Å². The third-order valence-electron chi connectivity index (χ3n) is 5.54. The molecule has 2 aromatic heterocycles. The molecule has 1 aliphatic rings. The van der Waals surface area contributed by atoms with Gasteiger partial charge in [-0.2, -0.15) is 0 Å². The van der Waals surface area contributed by atoms with Crippen LogP contribution >= 0.6 is 35.0 Å². The van der Waals surface area contributed by atoms with Crippen LogP contribution in [0.25, 0.3) is 5.65 Å². The van der Waals surface area contributed by atoms with Crippen LogP contribution in [0, 0.1) is 12.3 Å². The molecule has 1 saturated heterocycles. The Labute approximate surface area is 185 Å². The summed E-state index contributed by atoms with van der Waals surface area (Å²) in [5.74, 6) is 1.72. The monoisotopic (exact) mass is 450 g/mol. The van der Waals surface area contributed by atoms with Gasteiger partial charge in [0.25, 0.3) is 0 Å². The molecule has 0 amide bonds. The zero-order valence-corrected chi connectivity index (χ0v) is 19.1. The van der Waals surface area contributed by atoms with Crippen molar-refractivity contribution in [1.82, 2.24) is 24.9 Å². The molecule has 0 saturated carbocycles. The third kappa shape index (κ3) is 4.06. The van der Waals surface area contributed by atoms with Crippen molar-refractivity contribution >= 4 is 46.6 Å². The zero-order chi connectivity index (χ0) is 20.6. The van der Waals surface area contributed by atoms with Gasteiger partial charge in [-0.3, -0.25) is 0 Å². The van der Waals surface area contributed by atoms with Gasteiger partial charge in [0.2, 0.25) is 5.95 Å². The van der Waals surface area contributed by atoms with Crippen molar-refractivity contribution < 1.29 is 0 Å². The highest BCUT2D eigenvalue weighted by Gasteiger charge is 2.31. The lowest BCUT2D eigenvalue weighted by atomic mass is 9.80. The first-order valence-electron chi connectivity index (χ1n) is 9.64. The fraction of sp³-hybridized carbons (Fsp3) is 0.450. The Kier molecular flexibility index (Phi) is 5.93. The van der Waals surface area contributed by atoms with Crippen molar-refractivity contribution in [2.75, 3.05) is 31.6 Å². The van der Waals surface area contributed by atoms with E-state index in [1.165, 1.54) is 11.8 Å². The number of aromatic nitrogens is 4. The van der Waals surface area contributed by atoms with Crippen molar-refractivity contribution in [2.45, 2.75) is 36.5 Å². The van der Waals surface area contributed by atoms with Gasteiger partial charge in [-0.05, 0) is 44.4 Å². The number of nitrogens with one attached hydrogen (secondary N) is 1. The highest BCUT2D eigenvalue weighted by atomic mass is 35.5. The number of aryl methyl sites for hydroxylation is 1. The Bertz CT molecular complexity index is 1030. The van der Waals surface area contributed by atoms with Crippen LogP contribution in [0.5, 0.6) is 0 Å². The van der Waals surface area contributed by atoms with Crippen LogP contribution in [-0.2, 0) is 0 Å². The van der Waals surface area contributed by atoms with Gasteiger partial charge in [-0.25, -0.2) is 9.38 Å². The second kappa shape index (κ2) is 8.30. The Morgan fingerprint density at radius 2 is 1.93 bits per heavy atom. The van der Waals surface area contributed by atoms with E-state index in [1.54, 1.807) is 6.07 Å². The quantitative estimate of drug-likeness (QED) is 0.606. The minimum absolute atomic E-state index is 0.325. The number of hydrogen-bond acceptors (Lipinski definition) is 6. The maximum atomic E-state index is 6.38. The number of nitrogens with zero attached hydrogens (tertiary/aromatic N) is 5. The molecule has 1 fully saturated rings. The largest absolute Gasteiger partial charge is 0.342 e. The summed E-state index contributed by atoms with van der Waals surface area (Å²) in [6, 6.07) is 5.62. The molecule has 1 aromatic carbocycles. The first kappa shape index (κ1) is 20.7. The second-order valence-corrected chi connectivity index (χ2v) is 9.68. The standard InChI is InChI=1S/C20H24Cl2N6S/c1-13-25-26-18-16(29-15-6-4-5-14(21)17(15)22)11-24-19(28(13)18)27-9-7-20(2,8-10-27)12-23-3/h4-6,11,23H,7-10,12H2,1-3H3. The molecule has 9 heteroatoms. The van der Waals surface area contributed by atoms with E-state index >= 15 is 0 Å². The van der Waals surface area contributed by atoms with Gasteiger partial charge in [0.1, 0.15) is 5.82 Å². The smallest absolute Gasteiger partial charge is 0.212 e. The van der Waals surface area contributed by atoms with E-state index in [1.807, 2.05) is 36.7 Å². The van der Waals surface area contributed by atoms with E-state index in [2.05, 4.69) is 27.3 Å². The van der Waals surface area contributed by atoms with Crippen LogP contribution in [0.2, 0.25) is 10.0 Å². The highest BCUT2D eigenvalue weighted by Crippen LogP contribution is 2.39. The number of hydrogen-bond donors (Lipinski definition) is 1. The molecule has 0 unspecified atom stereocenters. The first-order valence-corrected chi connectivity index (χ1v) is 11.2. The summed E-state index contributed by atoms with van der Waals surface area (Å²) in [5.41, 5.74) is 1.11. The number of fused-ring (bicyclic) bond motifs is 1. The van der Waals surface area contributed by atoms with Gasteiger partial charge in [-0.15, -0.1) is 10.2 Å². The molecule has 29 heavy (non-hydrogen) atoms. The zero-order valence-electron chi connectivity index (χ0n) is 16.7. The number of anilines is 1. The molecule has 0 atom stereocenters. The van der Waals surface area contributed by atoms with Crippen LogP contribution in [0.3, 0.4) is 0 Å². The number of rotatable bonds is 5. The minimum Gasteiger partial charge on any atom is -0.342 e. The van der Waals surface area contributed by atoms with Gasteiger partial charge in [-0.1, -0.05) is 48.0 Å². The minimum atomic E-state index is 0.325. The van der Waals surface area contributed by atoms with Crippen LogP contribution < -0.4 is 10.2 Å². The van der Waals surface area contributed by atoms with Crippen LogP contribution in [-0.4, -0.2) is 46.3 Å². The maximum absolute atomic E-state index is 6.38. The predicted octanol–water partition coefficient (Wildman–Crippen LogP) is 4.72. The summed E-state index contributed by atoms with van der Waals surface area (Å²) in [6.07, 6.45) is 4.10. The predicted molar refractivity (Wildman–Crippen MR) is 120 cm³/mol. The van der Waals surface area contributed by atoms with Crippen molar-refractivity contribution in [3.05, 3.63) is 40.3 Å². The van der Waals surface area contributed by atoms with Crippen molar-refractivity contribution in [3.8, 4) is 0 Å². The fourth-order valence-electron chi connectivity index (χ4n) is 3.82. The maximum Gasteiger partial charge on any atom is 0.212 e. The van der Waals surface area contributed by atoms with Gasteiger partial charge >= 0.3 is 0 Å². The summed E-state index contributed by atoms with van der Waals surface area (Å²) < 4.78 is 2.04. The molecule has 1 aliphatic heterocycles. The number of benzene rings is 1. The average molecular weight is 451 g/mol. The van der Waals surface area contributed by atoms with E-state index in [0.717, 1.165) is 59.7 Å². The molecular weight excluding hydrogens is 427 g/mol. The summed E-state index contributed by atoms with van der Waals surface area (Å²) in [5, 5.41) is 13.1. The van der Waals surface area contributed by atoms with E-state index in [4.69, 9.17) is 28.2 Å². The summed E-state index contributed by atoms with van der Waals surface area (Å²) in [4.78, 5) is 8.91. The molecule has 0 bridgehead atoms. The summed E-state index contributed by atoms with van der Waals surface area (Å²) in [6.45, 7) is 7.27. The van der Waals surface area contributed by atoms with E-state index < -0.39 is 0 Å².